The Morgan fingerprint density at radius 3 is 2.11 bits per heavy atom. The summed E-state index contributed by atoms with van der Waals surface area (Å²) >= 11 is 0. The number of carbonyl (C=O) groups is 2. The molecule has 7 nitrogen and oxygen atoms in total. The van der Waals surface area contributed by atoms with E-state index in [-0.39, 0.29) is 11.8 Å². The molecule has 0 unspecified atom stereocenters. The molecule has 0 aliphatic carbocycles. The normalized spacial score (nSPS) is 10.1. The third-order valence-electron chi connectivity index (χ3n) is 3.85. The Bertz CT molecular complexity index is 795. The first kappa shape index (κ1) is 20.1. The fraction of sp³-hybridized carbons (Fsp3) is 0.300. The highest BCUT2D eigenvalue weighted by atomic mass is 16.5. The van der Waals surface area contributed by atoms with Crippen molar-refractivity contribution in [1.82, 2.24) is 5.32 Å². The lowest BCUT2D eigenvalue weighted by Gasteiger charge is -2.14. The van der Waals surface area contributed by atoms with E-state index in [1.54, 1.807) is 36.4 Å². The van der Waals surface area contributed by atoms with E-state index in [1.807, 2.05) is 6.92 Å². The molecule has 144 valence electrons. The highest BCUT2D eigenvalue weighted by Crippen LogP contribution is 2.38. The summed E-state index contributed by atoms with van der Waals surface area (Å²) in [5.41, 5.74) is 1.33. The first-order valence-electron chi connectivity index (χ1n) is 8.53. The fourth-order valence-electron chi connectivity index (χ4n) is 2.49. The van der Waals surface area contributed by atoms with Gasteiger partial charge in [-0.05, 0) is 36.8 Å². The minimum Gasteiger partial charge on any atom is -0.493 e. The van der Waals surface area contributed by atoms with Crippen LogP contribution >= 0.6 is 0 Å². The molecular formula is C20H24N2O5. The zero-order valence-electron chi connectivity index (χ0n) is 15.9. The lowest BCUT2D eigenvalue weighted by Crippen LogP contribution is -2.24. The number of hydrogen-bond acceptors (Lipinski definition) is 5. The largest absolute Gasteiger partial charge is 0.493 e. The van der Waals surface area contributed by atoms with Crippen LogP contribution in [0.2, 0.25) is 0 Å². The highest BCUT2D eigenvalue weighted by Gasteiger charge is 2.17. The molecule has 2 aromatic rings. The van der Waals surface area contributed by atoms with Crippen molar-refractivity contribution >= 4 is 17.5 Å². The molecule has 0 radical (unpaired) electrons. The molecule has 0 aliphatic heterocycles. The van der Waals surface area contributed by atoms with Gasteiger partial charge in [0, 0.05) is 23.4 Å². The summed E-state index contributed by atoms with van der Waals surface area (Å²) in [6.45, 7) is 2.58. The lowest BCUT2D eigenvalue weighted by molar-refractivity contribution is 0.0952. The predicted octanol–water partition coefficient (Wildman–Crippen LogP) is 3.10. The maximum absolute atomic E-state index is 12.6. The Labute approximate surface area is 158 Å². The Balaban J connectivity index is 2.23. The molecule has 0 aliphatic rings. The van der Waals surface area contributed by atoms with Crippen LogP contribution < -0.4 is 24.8 Å². The Hall–Kier alpha value is -3.22. The lowest BCUT2D eigenvalue weighted by atomic mass is 10.1. The Morgan fingerprint density at radius 2 is 1.56 bits per heavy atom. The summed E-state index contributed by atoms with van der Waals surface area (Å²) in [4.78, 5) is 24.7. The summed E-state index contributed by atoms with van der Waals surface area (Å²) in [5.74, 6) is 0.636. The van der Waals surface area contributed by atoms with Crippen molar-refractivity contribution in [2.24, 2.45) is 0 Å². The van der Waals surface area contributed by atoms with Crippen molar-refractivity contribution in [3.8, 4) is 17.2 Å². The number of carbonyl (C=O) groups excluding carboxylic acids is 2. The maximum atomic E-state index is 12.6. The molecule has 2 aromatic carbocycles. The van der Waals surface area contributed by atoms with Gasteiger partial charge >= 0.3 is 0 Å². The fourth-order valence-corrected chi connectivity index (χ4v) is 2.49. The van der Waals surface area contributed by atoms with Crippen molar-refractivity contribution in [2.45, 2.75) is 13.3 Å². The molecule has 2 amide bonds. The Kier molecular flexibility index (Phi) is 7.05. The van der Waals surface area contributed by atoms with Gasteiger partial charge in [-0.1, -0.05) is 13.0 Å². The predicted molar refractivity (Wildman–Crippen MR) is 103 cm³/mol. The molecule has 0 saturated heterocycles. The third kappa shape index (κ3) is 4.91. The van der Waals surface area contributed by atoms with Crippen molar-refractivity contribution in [3.05, 3.63) is 47.5 Å². The SMILES string of the molecule is CCCNC(=O)c1cccc(NC(=O)c2cc(OC)c(OC)c(OC)c2)c1. The van der Waals surface area contributed by atoms with E-state index < -0.39 is 0 Å². The smallest absolute Gasteiger partial charge is 0.255 e. The molecule has 2 N–H and O–H groups in total. The number of hydrogen-bond donors (Lipinski definition) is 2. The molecule has 27 heavy (non-hydrogen) atoms. The number of amides is 2. The van der Waals surface area contributed by atoms with Crippen LogP contribution in [0, 0.1) is 0 Å². The van der Waals surface area contributed by atoms with Crippen LogP contribution in [-0.2, 0) is 0 Å². The summed E-state index contributed by atoms with van der Waals surface area (Å²) in [7, 11) is 4.46. The molecule has 0 bridgehead atoms. The van der Waals surface area contributed by atoms with E-state index in [4.69, 9.17) is 14.2 Å². The van der Waals surface area contributed by atoms with Crippen molar-refractivity contribution < 1.29 is 23.8 Å². The highest BCUT2D eigenvalue weighted by molar-refractivity contribution is 6.06. The summed E-state index contributed by atoms with van der Waals surface area (Å²) in [6.07, 6.45) is 0.850. The summed E-state index contributed by atoms with van der Waals surface area (Å²) < 4.78 is 15.8. The molecule has 0 heterocycles. The van der Waals surface area contributed by atoms with Gasteiger partial charge in [0.25, 0.3) is 11.8 Å². The van der Waals surface area contributed by atoms with Crippen LogP contribution in [0.15, 0.2) is 36.4 Å². The minimum absolute atomic E-state index is 0.180. The number of nitrogens with one attached hydrogen (secondary N) is 2. The maximum Gasteiger partial charge on any atom is 0.255 e. The quantitative estimate of drug-likeness (QED) is 0.744. The second-order valence-corrected chi connectivity index (χ2v) is 5.70. The van der Waals surface area contributed by atoms with Gasteiger partial charge in [-0.3, -0.25) is 9.59 Å². The van der Waals surface area contributed by atoms with Crippen LogP contribution in [0.25, 0.3) is 0 Å². The van der Waals surface area contributed by atoms with Crippen LogP contribution in [-0.4, -0.2) is 39.7 Å². The van der Waals surface area contributed by atoms with E-state index in [0.29, 0.717) is 40.6 Å². The molecule has 0 spiro atoms. The summed E-state index contributed by atoms with van der Waals surface area (Å²) in [5, 5.41) is 5.58. The Morgan fingerprint density at radius 1 is 0.889 bits per heavy atom. The van der Waals surface area contributed by atoms with Gasteiger partial charge in [0.2, 0.25) is 5.75 Å². The molecule has 2 rings (SSSR count). The van der Waals surface area contributed by atoms with Gasteiger partial charge in [0.05, 0.1) is 21.3 Å². The number of rotatable bonds is 8. The van der Waals surface area contributed by atoms with Crippen LogP contribution in [0.4, 0.5) is 5.69 Å². The van der Waals surface area contributed by atoms with Gasteiger partial charge in [-0.15, -0.1) is 0 Å². The van der Waals surface area contributed by atoms with E-state index >= 15 is 0 Å². The molecule has 7 heteroatoms. The van der Waals surface area contributed by atoms with Gasteiger partial charge in [0.15, 0.2) is 11.5 Å². The van der Waals surface area contributed by atoms with Gasteiger partial charge in [-0.25, -0.2) is 0 Å². The van der Waals surface area contributed by atoms with E-state index in [9.17, 15) is 9.59 Å². The van der Waals surface area contributed by atoms with Crippen molar-refractivity contribution in [2.75, 3.05) is 33.2 Å². The van der Waals surface area contributed by atoms with E-state index in [0.717, 1.165) is 6.42 Å². The van der Waals surface area contributed by atoms with E-state index in [2.05, 4.69) is 10.6 Å². The monoisotopic (exact) mass is 372 g/mol. The molecule has 0 atom stereocenters. The zero-order valence-corrected chi connectivity index (χ0v) is 15.9. The van der Waals surface area contributed by atoms with E-state index in [1.165, 1.54) is 21.3 Å². The topological polar surface area (TPSA) is 85.9 Å². The standard InChI is InChI=1S/C20H24N2O5/c1-5-9-21-19(23)13-7-6-8-15(10-13)22-20(24)14-11-16(25-2)18(27-4)17(12-14)26-3/h6-8,10-12H,5,9H2,1-4H3,(H,21,23)(H,22,24). The zero-order chi connectivity index (χ0) is 19.8. The van der Waals surface area contributed by atoms with Crippen LogP contribution in [0.3, 0.4) is 0 Å². The average molecular weight is 372 g/mol. The van der Waals surface area contributed by atoms with Crippen molar-refractivity contribution in [1.29, 1.82) is 0 Å². The number of ether oxygens (including phenoxy) is 3. The van der Waals surface area contributed by atoms with Gasteiger partial charge in [-0.2, -0.15) is 0 Å². The molecule has 0 fully saturated rings. The van der Waals surface area contributed by atoms with Gasteiger partial charge < -0.3 is 24.8 Å². The molecular weight excluding hydrogens is 348 g/mol. The first-order valence-corrected chi connectivity index (χ1v) is 8.53. The second kappa shape index (κ2) is 9.47. The van der Waals surface area contributed by atoms with Crippen LogP contribution in [0.5, 0.6) is 17.2 Å². The minimum atomic E-state index is -0.361. The van der Waals surface area contributed by atoms with Crippen LogP contribution in [0.1, 0.15) is 34.1 Å². The number of anilines is 1. The summed E-state index contributed by atoms with van der Waals surface area (Å²) in [6, 6.07) is 9.88. The third-order valence-corrected chi connectivity index (χ3v) is 3.85. The number of methoxy groups -OCH3 is 3. The molecule has 0 aromatic heterocycles. The van der Waals surface area contributed by atoms with Gasteiger partial charge in [0.1, 0.15) is 0 Å². The number of benzene rings is 2. The first-order chi connectivity index (χ1) is 13.0. The second-order valence-electron chi connectivity index (χ2n) is 5.70. The molecule has 0 saturated carbocycles. The van der Waals surface area contributed by atoms with Crippen molar-refractivity contribution in [3.63, 3.8) is 0 Å². The average Bonchev–Trinajstić information content (AvgIpc) is 2.70.